The van der Waals surface area contributed by atoms with E-state index < -0.39 is 15.3 Å². The zero-order valence-electron chi connectivity index (χ0n) is 12.0. The molecule has 4 rings (SSSR count). The highest BCUT2D eigenvalue weighted by Gasteiger charge is 2.64. The molecule has 1 saturated carbocycles. The van der Waals surface area contributed by atoms with E-state index in [9.17, 15) is 13.2 Å². The molecule has 1 fully saturated rings. The second kappa shape index (κ2) is 4.20. The van der Waals surface area contributed by atoms with Crippen LogP contribution in [0.2, 0.25) is 0 Å². The number of amides is 1. The second-order valence-electron chi connectivity index (χ2n) is 6.07. The molecular weight excluding hydrogens is 298 g/mol. The van der Waals surface area contributed by atoms with Crippen LogP contribution in [0.25, 0.3) is 0 Å². The molecule has 0 aromatic heterocycles. The lowest BCUT2D eigenvalue weighted by molar-refractivity contribution is -0.118. The van der Waals surface area contributed by atoms with Gasteiger partial charge in [0.15, 0.2) is 9.84 Å². The van der Waals surface area contributed by atoms with E-state index in [0.29, 0.717) is 4.90 Å². The van der Waals surface area contributed by atoms with Crippen molar-refractivity contribution in [3.05, 3.63) is 59.7 Å². The Bertz CT molecular complexity index is 886. The topological polar surface area (TPSA) is 63.2 Å². The third-order valence-electron chi connectivity index (χ3n) is 4.73. The summed E-state index contributed by atoms with van der Waals surface area (Å²) in [5.41, 5.74) is 2.49. The van der Waals surface area contributed by atoms with E-state index in [2.05, 4.69) is 5.32 Å². The summed E-state index contributed by atoms with van der Waals surface area (Å²) in [6, 6.07) is 14.7. The largest absolute Gasteiger partial charge is 0.325 e. The fraction of sp³-hybridized carbons (Fsp3) is 0.235. The van der Waals surface area contributed by atoms with E-state index in [0.717, 1.165) is 23.2 Å². The molecule has 5 heteroatoms. The lowest BCUT2D eigenvalue weighted by Gasteiger charge is -2.09. The first-order chi connectivity index (χ1) is 10.4. The van der Waals surface area contributed by atoms with Gasteiger partial charge < -0.3 is 5.32 Å². The zero-order chi connectivity index (χ0) is 15.5. The van der Waals surface area contributed by atoms with Gasteiger partial charge in [0.05, 0.1) is 10.3 Å². The number of nitrogens with one attached hydrogen (secondary N) is 1. The summed E-state index contributed by atoms with van der Waals surface area (Å²) in [4.78, 5) is 12.7. The molecule has 1 heterocycles. The SMILES string of the molecule is CS(=O)(=O)c1ccc(C2CC23C(=O)Nc2ccccc23)cc1. The molecule has 0 bridgehead atoms. The van der Waals surface area contributed by atoms with Crippen LogP contribution in [0.15, 0.2) is 53.4 Å². The highest BCUT2D eigenvalue weighted by molar-refractivity contribution is 7.90. The number of fused-ring (bicyclic) bond motifs is 2. The normalized spacial score (nSPS) is 25.9. The van der Waals surface area contributed by atoms with E-state index >= 15 is 0 Å². The molecule has 2 atom stereocenters. The van der Waals surface area contributed by atoms with Crippen LogP contribution in [0.5, 0.6) is 0 Å². The Hall–Kier alpha value is -2.14. The molecule has 1 aliphatic carbocycles. The van der Waals surface area contributed by atoms with Gasteiger partial charge in [-0.25, -0.2) is 8.42 Å². The van der Waals surface area contributed by atoms with Crippen molar-refractivity contribution in [1.82, 2.24) is 0 Å². The van der Waals surface area contributed by atoms with Crippen molar-refractivity contribution < 1.29 is 13.2 Å². The Morgan fingerprint density at radius 3 is 2.45 bits per heavy atom. The predicted molar refractivity (Wildman–Crippen MR) is 83.7 cm³/mol. The van der Waals surface area contributed by atoms with Gasteiger partial charge in [0.1, 0.15) is 0 Å². The molecule has 1 aliphatic heterocycles. The fourth-order valence-corrected chi connectivity index (χ4v) is 4.13. The molecule has 2 unspecified atom stereocenters. The lowest BCUT2D eigenvalue weighted by atomic mass is 9.92. The summed E-state index contributed by atoms with van der Waals surface area (Å²) < 4.78 is 23.1. The summed E-state index contributed by atoms with van der Waals surface area (Å²) >= 11 is 0. The Morgan fingerprint density at radius 1 is 1.09 bits per heavy atom. The number of carbonyl (C=O) groups excluding carboxylic acids is 1. The standard InChI is InChI=1S/C17H15NO3S/c1-22(20,21)12-8-6-11(7-9-12)14-10-17(14)13-4-2-3-5-15(13)18-16(17)19/h2-9,14H,10H2,1H3,(H,18,19). The van der Waals surface area contributed by atoms with Gasteiger partial charge in [-0.1, -0.05) is 30.3 Å². The van der Waals surface area contributed by atoms with Gasteiger partial charge in [0, 0.05) is 17.9 Å². The molecule has 2 aliphatic rings. The van der Waals surface area contributed by atoms with E-state index in [4.69, 9.17) is 0 Å². The molecule has 1 N–H and O–H groups in total. The minimum atomic E-state index is -3.19. The maximum absolute atomic E-state index is 12.4. The van der Waals surface area contributed by atoms with Gasteiger partial charge in [-0.15, -0.1) is 0 Å². The zero-order valence-corrected chi connectivity index (χ0v) is 12.9. The van der Waals surface area contributed by atoms with E-state index in [1.807, 2.05) is 36.4 Å². The maximum atomic E-state index is 12.4. The molecule has 0 radical (unpaired) electrons. The van der Waals surface area contributed by atoms with Crippen LogP contribution in [-0.4, -0.2) is 20.6 Å². The fourth-order valence-electron chi connectivity index (χ4n) is 3.50. The molecule has 4 nitrogen and oxygen atoms in total. The first-order valence-electron chi connectivity index (χ1n) is 7.14. The van der Waals surface area contributed by atoms with Gasteiger partial charge in [-0.2, -0.15) is 0 Å². The van der Waals surface area contributed by atoms with E-state index in [1.165, 1.54) is 6.26 Å². The van der Waals surface area contributed by atoms with Crippen molar-refractivity contribution in [1.29, 1.82) is 0 Å². The van der Waals surface area contributed by atoms with Crippen LogP contribution in [0.3, 0.4) is 0 Å². The average molecular weight is 313 g/mol. The van der Waals surface area contributed by atoms with Crippen molar-refractivity contribution in [2.45, 2.75) is 22.6 Å². The Labute approximate surface area is 129 Å². The van der Waals surface area contributed by atoms with Crippen LogP contribution >= 0.6 is 0 Å². The maximum Gasteiger partial charge on any atom is 0.235 e. The van der Waals surface area contributed by atoms with E-state index in [1.54, 1.807) is 12.1 Å². The third-order valence-corrected chi connectivity index (χ3v) is 5.86. The molecule has 1 spiro atoms. The van der Waals surface area contributed by atoms with Crippen LogP contribution in [-0.2, 0) is 20.0 Å². The smallest absolute Gasteiger partial charge is 0.235 e. The number of para-hydroxylation sites is 1. The van der Waals surface area contributed by atoms with Crippen LogP contribution in [0.1, 0.15) is 23.5 Å². The van der Waals surface area contributed by atoms with Gasteiger partial charge in [0.2, 0.25) is 5.91 Å². The first kappa shape index (κ1) is 13.5. The van der Waals surface area contributed by atoms with E-state index in [-0.39, 0.29) is 11.8 Å². The van der Waals surface area contributed by atoms with Crippen LogP contribution in [0, 0.1) is 0 Å². The second-order valence-corrected chi connectivity index (χ2v) is 8.08. The lowest BCUT2D eigenvalue weighted by Crippen LogP contribution is -2.20. The Morgan fingerprint density at radius 2 is 1.77 bits per heavy atom. The monoisotopic (exact) mass is 313 g/mol. The number of anilines is 1. The van der Waals surface area contributed by atoms with Gasteiger partial charge in [-0.05, 0) is 35.7 Å². The molecule has 22 heavy (non-hydrogen) atoms. The number of benzene rings is 2. The van der Waals surface area contributed by atoms with Crippen molar-refractivity contribution in [2.75, 3.05) is 11.6 Å². The number of hydrogen-bond acceptors (Lipinski definition) is 3. The Kier molecular flexibility index (Phi) is 2.58. The molecule has 1 amide bonds. The quantitative estimate of drug-likeness (QED) is 0.926. The highest BCUT2D eigenvalue weighted by atomic mass is 32.2. The summed E-state index contributed by atoms with van der Waals surface area (Å²) in [6.07, 6.45) is 1.97. The van der Waals surface area contributed by atoms with Gasteiger partial charge in [0.25, 0.3) is 0 Å². The number of rotatable bonds is 2. The van der Waals surface area contributed by atoms with Crippen molar-refractivity contribution in [3.8, 4) is 0 Å². The average Bonchev–Trinajstić information content (AvgIpc) is 3.17. The van der Waals surface area contributed by atoms with Crippen LogP contribution in [0.4, 0.5) is 5.69 Å². The molecule has 112 valence electrons. The van der Waals surface area contributed by atoms with Gasteiger partial charge >= 0.3 is 0 Å². The minimum absolute atomic E-state index is 0.0471. The van der Waals surface area contributed by atoms with Crippen molar-refractivity contribution in [2.24, 2.45) is 0 Å². The summed E-state index contributed by atoms with van der Waals surface area (Å²) in [5.74, 6) is 0.163. The number of sulfone groups is 1. The highest BCUT2D eigenvalue weighted by Crippen LogP contribution is 2.64. The van der Waals surface area contributed by atoms with Gasteiger partial charge in [-0.3, -0.25) is 4.79 Å². The summed E-state index contributed by atoms with van der Waals surface area (Å²) in [6.45, 7) is 0. The molecule has 2 aromatic rings. The summed E-state index contributed by atoms with van der Waals surface area (Å²) in [7, 11) is -3.19. The number of carbonyl (C=O) groups is 1. The predicted octanol–water partition coefficient (Wildman–Crippen LogP) is 2.47. The van der Waals surface area contributed by atoms with Crippen molar-refractivity contribution >= 4 is 21.4 Å². The molecular formula is C17H15NO3S. The first-order valence-corrected chi connectivity index (χ1v) is 9.03. The summed E-state index contributed by atoms with van der Waals surface area (Å²) in [5, 5.41) is 2.95. The minimum Gasteiger partial charge on any atom is -0.325 e. The molecule has 2 aromatic carbocycles. The van der Waals surface area contributed by atoms with Crippen molar-refractivity contribution in [3.63, 3.8) is 0 Å². The number of hydrogen-bond donors (Lipinski definition) is 1. The Balaban J connectivity index is 1.72. The molecule has 0 saturated heterocycles. The van der Waals surface area contributed by atoms with Crippen LogP contribution < -0.4 is 5.32 Å². The third kappa shape index (κ3) is 1.75.